The Bertz CT molecular complexity index is 385. The zero-order valence-corrected chi connectivity index (χ0v) is 8.47. The van der Waals surface area contributed by atoms with Crippen molar-refractivity contribution in [3.05, 3.63) is 17.5 Å². The molecule has 1 amide bonds. The largest absolute Gasteiger partial charge is 0.409 e. The summed E-state index contributed by atoms with van der Waals surface area (Å²) in [5, 5.41) is 14.7. The van der Waals surface area contributed by atoms with Crippen molar-refractivity contribution in [3.63, 3.8) is 0 Å². The summed E-state index contributed by atoms with van der Waals surface area (Å²) in [7, 11) is 1.52. The fourth-order valence-corrected chi connectivity index (χ4v) is 1.01. The van der Waals surface area contributed by atoms with Gasteiger partial charge >= 0.3 is 0 Å². The minimum Gasteiger partial charge on any atom is -0.409 e. The summed E-state index contributed by atoms with van der Waals surface area (Å²) in [6, 6.07) is 1.52. The van der Waals surface area contributed by atoms with Crippen LogP contribution in [-0.4, -0.2) is 40.6 Å². The molecule has 1 aromatic heterocycles. The van der Waals surface area contributed by atoms with E-state index in [1.807, 2.05) is 0 Å². The highest BCUT2D eigenvalue weighted by Gasteiger charge is 2.16. The highest BCUT2D eigenvalue weighted by atomic mass is 16.5. The van der Waals surface area contributed by atoms with Crippen LogP contribution in [0.5, 0.6) is 0 Å². The Morgan fingerprint density at radius 2 is 2.47 bits per heavy atom. The summed E-state index contributed by atoms with van der Waals surface area (Å²) >= 11 is 0. The van der Waals surface area contributed by atoms with Crippen LogP contribution in [-0.2, 0) is 0 Å². The zero-order chi connectivity index (χ0) is 11.4. The molecule has 1 rings (SSSR count). The lowest BCUT2D eigenvalue weighted by Gasteiger charge is -2.13. The first-order chi connectivity index (χ1) is 7.04. The number of carbonyl (C=O) groups is 1. The molecule has 0 atom stereocenters. The van der Waals surface area contributed by atoms with Gasteiger partial charge in [-0.05, 0) is 6.92 Å². The van der Waals surface area contributed by atoms with Gasteiger partial charge in [-0.1, -0.05) is 10.3 Å². The van der Waals surface area contributed by atoms with E-state index in [1.54, 1.807) is 6.92 Å². The standard InChI is InChI=1S/C8H12N4O3/c1-5-3-6(11-15-5)8(13)12(2)4-7(9)10-14/h3,14H,4H2,1-2H3,(H2,9,10). The van der Waals surface area contributed by atoms with Crippen LogP contribution in [0.1, 0.15) is 16.2 Å². The predicted octanol–water partition coefficient (Wildman–Crippen LogP) is -0.199. The van der Waals surface area contributed by atoms with E-state index in [-0.39, 0.29) is 24.0 Å². The second-order valence-corrected chi connectivity index (χ2v) is 3.08. The Morgan fingerprint density at radius 3 is 2.93 bits per heavy atom. The molecule has 0 aliphatic rings. The fourth-order valence-electron chi connectivity index (χ4n) is 1.01. The molecular weight excluding hydrogens is 200 g/mol. The molecule has 0 aliphatic heterocycles. The molecule has 0 aliphatic carbocycles. The molecular formula is C8H12N4O3. The van der Waals surface area contributed by atoms with Crippen molar-refractivity contribution in [2.75, 3.05) is 13.6 Å². The van der Waals surface area contributed by atoms with Gasteiger partial charge in [0.15, 0.2) is 11.5 Å². The number of likely N-dealkylation sites (N-methyl/N-ethyl adjacent to an activating group) is 1. The lowest BCUT2D eigenvalue weighted by atomic mass is 10.3. The van der Waals surface area contributed by atoms with Gasteiger partial charge in [0.1, 0.15) is 5.76 Å². The molecule has 0 saturated heterocycles. The van der Waals surface area contributed by atoms with Gasteiger partial charge in [0.25, 0.3) is 5.91 Å². The molecule has 15 heavy (non-hydrogen) atoms. The second kappa shape index (κ2) is 4.45. The number of oxime groups is 1. The highest BCUT2D eigenvalue weighted by Crippen LogP contribution is 2.04. The van der Waals surface area contributed by atoms with Gasteiger partial charge in [-0.3, -0.25) is 4.79 Å². The number of amides is 1. The summed E-state index contributed by atoms with van der Waals surface area (Å²) < 4.78 is 4.76. The Hall–Kier alpha value is -2.05. The van der Waals surface area contributed by atoms with Crippen LogP contribution in [0.15, 0.2) is 15.7 Å². The molecule has 7 nitrogen and oxygen atoms in total. The number of hydrogen-bond donors (Lipinski definition) is 2. The summed E-state index contributed by atoms with van der Waals surface area (Å²) in [6.45, 7) is 1.72. The van der Waals surface area contributed by atoms with Crippen LogP contribution in [0.4, 0.5) is 0 Å². The number of hydrogen-bond acceptors (Lipinski definition) is 5. The molecule has 1 aromatic rings. The van der Waals surface area contributed by atoms with E-state index in [0.29, 0.717) is 5.76 Å². The highest BCUT2D eigenvalue weighted by molar-refractivity contribution is 5.95. The lowest BCUT2D eigenvalue weighted by Crippen LogP contribution is -2.35. The van der Waals surface area contributed by atoms with Gasteiger partial charge in [-0.15, -0.1) is 0 Å². The van der Waals surface area contributed by atoms with E-state index in [1.165, 1.54) is 18.0 Å². The average molecular weight is 212 g/mol. The van der Waals surface area contributed by atoms with Gasteiger partial charge in [-0.2, -0.15) is 0 Å². The number of carbonyl (C=O) groups excluding carboxylic acids is 1. The van der Waals surface area contributed by atoms with Crippen LogP contribution in [0.3, 0.4) is 0 Å². The molecule has 3 N–H and O–H groups in total. The SMILES string of the molecule is Cc1cc(C(=O)N(C)CC(N)=NO)no1. The van der Waals surface area contributed by atoms with Crippen molar-refractivity contribution in [3.8, 4) is 0 Å². The van der Waals surface area contributed by atoms with Crippen molar-refractivity contribution in [2.24, 2.45) is 10.9 Å². The van der Waals surface area contributed by atoms with Crippen molar-refractivity contribution in [2.45, 2.75) is 6.92 Å². The smallest absolute Gasteiger partial charge is 0.276 e. The Balaban J connectivity index is 2.69. The minimum atomic E-state index is -0.349. The second-order valence-electron chi connectivity index (χ2n) is 3.08. The molecule has 0 aromatic carbocycles. The summed E-state index contributed by atoms with van der Waals surface area (Å²) in [6.07, 6.45) is 0. The molecule has 0 fully saturated rings. The van der Waals surface area contributed by atoms with E-state index in [0.717, 1.165) is 0 Å². The van der Waals surface area contributed by atoms with E-state index < -0.39 is 0 Å². The third kappa shape index (κ3) is 2.70. The van der Waals surface area contributed by atoms with E-state index in [4.69, 9.17) is 15.5 Å². The lowest BCUT2D eigenvalue weighted by molar-refractivity contribution is 0.0803. The number of aromatic nitrogens is 1. The number of aryl methyl sites for hydroxylation is 1. The summed E-state index contributed by atoms with van der Waals surface area (Å²) in [4.78, 5) is 12.9. The number of nitrogens with zero attached hydrogens (tertiary/aromatic N) is 3. The summed E-state index contributed by atoms with van der Waals surface area (Å²) in [5.74, 6) is 0.153. The zero-order valence-electron chi connectivity index (χ0n) is 8.47. The molecule has 0 radical (unpaired) electrons. The monoisotopic (exact) mass is 212 g/mol. The molecule has 0 spiro atoms. The first-order valence-electron chi connectivity index (χ1n) is 4.19. The predicted molar refractivity (Wildman–Crippen MR) is 51.6 cm³/mol. The minimum absolute atomic E-state index is 0.0290. The Morgan fingerprint density at radius 1 is 1.80 bits per heavy atom. The fraction of sp³-hybridized carbons (Fsp3) is 0.375. The molecule has 82 valence electrons. The molecule has 7 heteroatoms. The van der Waals surface area contributed by atoms with Crippen molar-refractivity contribution in [1.82, 2.24) is 10.1 Å². The third-order valence-electron chi connectivity index (χ3n) is 1.72. The van der Waals surface area contributed by atoms with Crippen LogP contribution < -0.4 is 5.73 Å². The molecule has 0 unspecified atom stereocenters. The number of nitrogens with two attached hydrogens (primary N) is 1. The maximum Gasteiger partial charge on any atom is 0.276 e. The van der Waals surface area contributed by atoms with Gasteiger partial charge in [0.2, 0.25) is 0 Å². The number of amidine groups is 1. The Kier molecular flexibility index (Phi) is 3.27. The first kappa shape index (κ1) is 11.0. The van der Waals surface area contributed by atoms with Crippen LogP contribution in [0.2, 0.25) is 0 Å². The van der Waals surface area contributed by atoms with Crippen LogP contribution in [0.25, 0.3) is 0 Å². The topological polar surface area (TPSA) is 105 Å². The van der Waals surface area contributed by atoms with E-state index in [2.05, 4.69) is 10.3 Å². The van der Waals surface area contributed by atoms with Crippen molar-refractivity contribution in [1.29, 1.82) is 0 Å². The molecule has 0 saturated carbocycles. The number of rotatable bonds is 3. The van der Waals surface area contributed by atoms with Crippen molar-refractivity contribution < 1.29 is 14.5 Å². The molecule has 0 bridgehead atoms. The van der Waals surface area contributed by atoms with Gasteiger partial charge in [-0.25, -0.2) is 0 Å². The molecule has 1 heterocycles. The van der Waals surface area contributed by atoms with Gasteiger partial charge in [0.05, 0.1) is 6.54 Å². The Labute approximate surface area is 86.1 Å². The normalized spacial score (nSPS) is 11.5. The van der Waals surface area contributed by atoms with E-state index in [9.17, 15) is 4.79 Å². The third-order valence-corrected chi connectivity index (χ3v) is 1.72. The van der Waals surface area contributed by atoms with E-state index >= 15 is 0 Å². The maximum absolute atomic E-state index is 11.6. The first-order valence-corrected chi connectivity index (χ1v) is 4.19. The maximum atomic E-state index is 11.6. The van der Waals surface area contributed by atoms with Crippen molar-refractivity contribution >= 4 is 11.7 Å². The van der Waals surface area contributed by atoms with Crippen LogP contribution in [0, 0.1) is 6.92 Å². The van der Waals surface area contributed by atoms with Gasteiger partial charge < -0.3 is 20.4 Å². The van der Waals surface area contributed by atoms with Crippen LogP contribution >= 0.6 is 0 Å². The average Bonchev–Trinajstić information content (AvgIpc) is 2.63. The summed E-state index contributed by atoms with van der Waals surface area (Å²) in [5.41, 5.74) is 5.45. The van der Waals surface area contributed by atoms with Gasteiger partial charge in [0, 0.05) is 13.1 Å². The quantitative estimate of drug-likeness (QED) is 0.312.